The second-order valence-corrected chi connectivity index (χ2v) is 3.71. The average molecular weight is 262 g/mol. The van der Waals surface area contributed by atoms with Crippen molar-refractivity contribution < 1.29 is 47.7 Å². The molecule has 0 aromatic carbocycles. The number of hydrogen-bond donors (Lipinski definition) is 2. The van der Waals surface area contributed by atoms with Crippen molar-refractivity contribution in [2.45, 2.75) is 39.1 Å². The first-order valence-corrected chi connectivity index (χ1v) is 4.35. The third-order valence-corrected chi connectivity index (χ3v) is 2.37. The molecular formula is C9H17O3Y-. The van der Waals surface area contributed by atoms with E-state index in [1.54, 1.807) is 0 Å². The molecule has 0 spiro atoms. The molecule has 1 saturated heterocycles. The molecule has 0 bridgehead atoms. The van der Waals surface area contributed by atoms with Crippen molar-refractivity contribution in [2.24, 2.45) is 5.92 Å². The molecule has 4 heteroatoms. The maximum absolute atomic E-state index is 9.55. The van der Waals surface area contributed by atoms with E-state index in [1.807, 2.05) is 20.8 Å². The molecule has 1 rings (SSSR count). The minimum Gasteiger partial charge on any atom is -0.422 e. The minimum absolute atomic E-state index is 0. The summed E-state index contributed by atoms with van der Waals surface area (Å²) in [5, 5.41) is 18.4. The summed E-state index contributed by atoms with van der Waals surface area (Å²) in [4.78, 5) is 0. The van der Waals surface area contributed by atoms with Gasteiger partial charge in [0.2, 0.25) is 0 Å². The van der Waals surface area contributed by atoms with Crippen molar-refractivity contribution in [2.75, 3.05) is 6.61 Å². The van der Waals surface area contributed by atoms with Gasteiger partial charge in [0.15, 0.2) is 0 Å². The summed E-state index contributed by atoms with van der Waals surface area (Å²) in [5.41, 5.74) is 0. The number of ether oxygens (including phenoxy) is 1. The van der Waals surface area contributed by atoms with Gasteiger partial charge in [-0.05, 0) is 12.0 Å². The van der Waals surface area contributed by atoms with E-state index < -0.39 is 12.2 Å². The smallest absolute Gasteiger partial charge is 0.0756 e. The summed E-state index contributed by atoms with van der Waals surface area (Å²) in [6, 6.07) is 0. The normalized spacial score (nSPS) is 35.1. The average Bonchev–Trinajstić information content (AvgIpc) is 2.30. The van der Waals surface area contributed by atoms with Gasteiger partial charge < -0.3 is 14.9 Å². The number of rotatable bonds is 2. The maximum Gasteiger partial charge on any atom is 0.0756 e. The summed E-state index contributed by atoms with van der Waals surface area (Å²) in [6.07, 6.45) is -1.02. The van der Waals surface area contributed by atoms with Crippen molar-refractivity contribution >= 4 is 0 Å². The van der Waals surface area contributed by atoms with Crippen LogP contribution in [0.2, 0.25) is 0 Å². The molecule has 0 aromatic heterocycles. The molecule has 1 aliphatic rings. The van der Waals surface area contributed by atoms with Crippen LogP contribution in [0.25, 0.3) is 0 Å². The fourth-order valence-corrected chi connectivity index (χ4v) is 1.66. The van der Waals surface area contributed by atoms with Crippen LogP contribution in [0, 0.1) is 11.8 Å². The van der Waals surface area contributed by atoms with Gasteiger partial charge in [-0.3, -0.25) is 5.92 Å². The summed E-state index contributed by atoms with van der Waals surface area (Å²) in [7, 11) is 0. The molecule has 3 nitrogen and oxygen atoms in total. The molecular weight excluding hydrogens is 245 g/mol. The van der Waals surface area contributed by atoms with Crippen LogP contribution in [0.15, 0.2) is 0 Å². The van der Waals surface area contributed by atoms with E-state index in [0.29, 0.717) is 5.92 Å². The van der Waals surface area contributed by atoms with Crippen LogP contribution in [0.4, 0.5) is 0 Å². The van der Waals surface area contributed by atoms with Gasteiger partial charge in [-0.1, -0.05) is 20.0 Å². The van der Waals surface area contributed by atoms with Gasteiger partial charge in [0.05, 0.1) is 12.7 Å². The third kappa shape index (κ3) is 2.97. The van der Waals surface area contributed by atoms with Gasteiger partial charge in [0.25, 0.3) is 0 Å². The van der Waals surface area contributed by atoms with Crippen molar-refractivity contribution in [1.82, 2.24) is 0 Å². The molecule has 1 aliphatic heterocycles. The first-order chi connectivity index (χ1) is 5.57. The van der Waals surface area contributed by atoms with E-state index in [9.17, 15) is 5.11 Å². The van der Waals surface area contributed by atoms with Gasteiger partial charge >= 0.3 is 0 Å². The van der Waals surface area contributed by atoms with Crippen LogP contribution in [-0.2, 0) is 37.4 Å². The van der Waals surface area contributed by atoms with E-state index in [2.05, 4.69) is 0 Å². The summed E-state index contributed by atoms with van der Waals surface area (Å²) < 4.78 is 5.46. The molecule has 0 saturated carbocycles. The molecule has 13 heavy (non-hydrogen) atoms. The fraction of sp³-hybridized carbons (Fsp3) is 0.889. The van der Waals surface area contributed by atoms with Crippen LogP contribution in [0.1, 0.15) is 20.8 Å². The predicted molar refractivity (Wildman–Crippen MR) is 45.5 cm³/mol. The van der Waals surface area contributed by atoms with E-state index in [-0.39, 0.29) is 45.4 Å². The Hall–Kier alpha value is 0.984. The molecule has 1 fully saturated rings. The Bertz CT molecular complexity index is 152. The Kier molecular flexibility index (Phi) is 6.20. The van der Waals surface area contributed by atoms with Crippen molar-refractivity contribution in [1.29, 1.82) is 0 Å². The van der Waals surface area contributed by atoms with E-state index in [4.69, 9.17) is 9.84 Å². The quantitative estimate of drug-likeness (QED) is 0.706. The van der Waals surface area contributed by atoms with Crippen molar-refractivity contribution in [3.05, 3.63) is 5.92 Å². The second-order valence-electron chi connectivity index (χ2n) is 3.71. The van der Waals surface area contributed by atoms with Crippen LogP contribution < -0.4 is 0 Å². The van der Waals surface area contributed by atoms with Crippen LogP contribution in [0.5, 0.6) is 0 Å². The van der Waals surface area contributed by atoms with Crippen LogP contribution in [0.3, 0.4) is 0 Å². The van der Waals surface area contributed by atoms with Crippen LogP contribution >= 0.6 is 0 Å². The first-order valence-electron chi connectivity index (χ1n) is 4.35. The van der Waals surface area contributed by atoms with E-state index in [0.717, 1.165) is 5.92 Å². The molecule has 0 unspecified atom stereocenters. The Balaban J connectivity index is 0.00000144. The SMILES string of the molecule is C[C-]1[C@@H](C(C)C)O[C@@H](CO)[C@H]1O.[Y]. The van der Waals surface area contributed by atoms with E-state index >= 15 is 0 Å². The molecule has 0 amide bonds. The van der Waals surface area contributed by atoms with Gasteiger partial charge in [-0.25, -0.2) is 0 Å². The Morgan fingerprint density at radius 2 is 2.00 bits per heavy atom. The first kappa shape index (κ1) is 14.0. The molecule has 2 N–H and O–H groups in total. The molecule has 75 valence electrons. The van der Waals surface area contributed by atoms with E-state index in [1.165, 1.54) is 0 Å². The molecule has 0 aliphatic carbocycles. The fourth-order valence-electron chi connectivity index (χ4n) is 1.66. The number of aliphatic hydroxyl groups is 2. The van der Waals surface area contributed by atoms with Crippen molar-refractivity contribution in [3.63, 3.8) is 0 Å². The standard InChI is InChI=1S/C9H17O3.Y/c1-5(2)9-6(3)8(11)7(4-10)12-9;/h5,7-11H,4H2,1-3H3;/q-1;/t7-,8-,9+;/m0./s1. The monoisotopic (exact) mass is 262 g/mol. The van der Waals surface area contributed by atoms with Crippen molar-refractivity contribution in [3.8, 4) is 0 Å². The second kappa shape index (κ2) is 5.77. The van der Waals surface area contributed by atoms with Gasteiger partial charge in [0, 0.05) is 32.7 Å². The van der Waals surface area contributed by atoms with Gasteiger partial charge in [0.1, 0.15) is 0 Å². The predicted octanol–water partition coefficient (Wildman–Crippen LogP) is 0.355. The minimum atomic E-state index is -0.595. The van der Waals surface area contributed by atoms with Gasteiger partial charge in [-0.2, -0.15) is 6.92 Å². The molecule has 1 radical (unpaired) electrons. The van der Waals surface area contributed by atoms with Gasteiger partial charge in [-0.15, -0.1) is 0 Å². The molecule has 3 atom stereocenters. The zero-order valence-corrected chi connectivity index (χ0v) is 11.2. The zero-order valence-electron chi connectivity index (χ0n) is 8.40. The largest absolute Gasteiger partial charge is 0.422 e. The zero-order chi connectivity index (χ0) is 9.30. The summed E-state index contributed by atoms with van der Waals surface area (Å²) in [6.45, 7) is 5.86. The Morgan fingerprint density at radius 1 is 1.46 bits per heavy atom. The summed E-state index contributed by atoms with van der Waals surface area (Å²) in [5.74, 6) is 1.29. The topological polar surface area (TPSA) is 49.7 Å². The Labute approximate surface area is 105 Å². The number of hydrogen-bond acceptors (Lipinski definition) is 3. The van der Waals surface area contributed by atoms with Crippen LogP contribution in [-0.4, -0.2) is 35.1 Å². The number of aliphatic hydroxyl groups excluding tert-OH is 2. The third-order valence-electron chi connectivity index (χ3n) is 2.37. The Morgan fingerprint density at radius 3 is 2.23 bits per heavy atom. The molecule has 0 aromatic rings. The maximum atomic E-state index is 9.55. The molecule has 1 heterocycles. The summed E-state index contributed by atoms with van der Waals surface area (Å²) >= 11 is 0.